The highest BCUT2D eigenvalue weighted by molar-refractivity contribution is 6.17. The largest absolute Gasteiger partial charge is 0.295 e. The summed E-state index contributed by atoms with van der Waals surface area (Å²) in [6, 6.07) is 14.7. The van der Waals surface area contributed by atoms with Gasteiger partial charge in [-0.05, 0) is 49.2 Å². The van der Waals surface area contributed by atoms with Gasteiger partial charge >= 0.3 is 0 Å². The Morgan fingerprint density at radius 2 is 1.84 bits per heavy atom. The highest BCUT2D eigenvalue weighted by atomic mass is 35.5. The van der Waals surface area contributed by atoms with Gasteiger partial charge in [-0.3, -0.25) is 4.57 Å². The summed E-state index contributed by atoms with van der Waals surface area (Å²) in [7, 11) is 0. The van der Waals surface area contributed by atoms with Crippen molar-refractivity contribution in [2.75, 3.05) is 0 Å². The maximum Gasteiger partial charge on any atom is 0.129 e. The van der Waals surface area contributed by atoms with E-state index >= 15 is 0 Å². The van der Waals surface area contributed by atoms with Gasteiger partial charge < -0.3 is 0 Å². The van der Waals surface area contributed by atoms with Gasteiger partial charge in [0.05, 0.1) is 16.9 Å². The standard InChI is InChI=1S/C16H15ClN2/c1-11-4-3-5-13(8-11)19-15-7-6-12(2)9-14(15)18-16(19)10-17/h3-9H,10H2,1-2H3. The Bertz CT molecular complexity index is 744. The molecule has 1 heterocycles. The Morgan fingerprint density at radius 3 is 2.58 bits per heavy atom. The fourth-order valence-corrected chi connectivity index (χ4v) is 2.56. The van der Waals surface area contributed by atoms with Crippen LogP contribution in [0.2, 0.25) is 0 Å². The molecule has 0 spiro atoms. The van der Waals surface area contributed by atoms with Crippen LogP contribution in [0.25, 0.3) is 16.7 Å². The summed E-state index contributed by atoms with van der Waals surface area (Å²) in [6.45, 7) is 4.17. The van der Waals surface area contributed by atoms with E-state index in [1.165, 1.54) is 11.1 Å². The number of rotatable bonds is 2. The Labute approximate surface area is 117 Å². The molecule has 0 radical (unpaired) electrons. The molecule has 3 aromatic rings. The lowest BCUT2D eigenvalue weighted by molar-refractivity contribution is 0.980. The van der Waals surface area contributed by atoms with Crippen molar-refractivity contribution in [3.63, 3.8) is 0 Å². The number of imidazole rings is 1. The molecule has 0 fully saturated rings. The Hall–Kier alpha value is -1.80. The first-order valence-corrected chi connectivity index (χ1v) is 6.83. The number of aromatic nitrogens is 2. The van der Waals surface area contributed by atoms with E-state index in [0.717, 1.165) is 22.5 Å². The van der Waals surface area contributed by atoms with Crippen LogP contribution in [0.5, 0.6) is 0 Å². The van der Waals surface area contributed by atoms with Crippen LogP contribution in [0.15, 0.2) is 42.5 Å². The quantitative estimate of drug-likeness (QED) is 0.632. The predicted molar refractivity (Wildman–Crippen MR) is 80.1 cm³/mol. The van der Waals surface area contributed by atoms with Gasteiger partial charge in [-0.25, -0.2) is 4.98 Å². The van der Waals surface area contributed by atoms with E-state index in [-0.39, 0.29) is 0 Å². The third kappa shape index (κ3) is 2.13. The van der Waals surface area contributed by atoms with Gasteiger partial charge in [0, 0.05) is 5.69 Å². The third-order valence-electron chi connectivity index (χ3n) is 3.26. The Morgan fingerprint density at radius 1 is 1.05 bits per heavy atom. The number of halogens is 1. The lowest BCUT2D eigenvalue weighted by Gasteiger charge is -2.08. The zero-order valence-electron chi connectivity index (χ0n) is 11.0. The van der Waals surface area contributed by atoms with Crippen molar-refractivity contribution in [3.05, 3.63) is 59.4 Å². The minimum absolute atomic E-state index is 0.404. The van der Waals surface area contributed by atoms with Gasteiger partial charge in [-0.15, -0.1) is 11.6 Å². The number of benzene rings is 2. The summed E-state index contributed by atoms with van der Waals surface area (Å²) in [5, 5.41) is 0. The Kier molecular flexibility index (Phi) is 3.03. The average molecular weight is 271 g/mol. The van der Waals surface area contributed by atoms with Crippen LogP contribution < -0.4 is 0 Å². The van der Waals surface area contributed by atoms with E-state index in [1.54, 1.807) is 0 Å². The first-order chi connectivity index (χ1) is 9.19. The average Bonchev–Trinajstić information content (AvgIpc) is 2.76. The molecule has 0 aliphatic heterocycles. The monoisotopic (exact) mass is 270 g/mol. The minimum Gasteiger partial charge on any atom is -0.295 e. The molecule has 0 aliphatic carbocycles. The van der Waals surface area contributed by atoms with Gasteiger partial charge in [-0.2, -0.15) is 0 Å². The molecule has 0 atom stereocenters. The zero-order valence-corrected chi connectivity index (χ0v) is 11.8. The zero-order chi connectivity index (χ0) is 13.4. The van der Waals surface area contributed by atoms with E-state index in [1.807, 2.05) is 0 Å². The fraction of sp³-hybridized carbons (Fsp3) is 0.188. The molecule has 3 rings (SSSR count). The maximum absolute atomic E-state index is 6.05. The molecule has 0 unspecified atom stereocenters. The first-order valence-electron chi connectivity index (χ1n) is 6.30. The third-order valence-corrected chi connectivity index (χ3v) is 3.50. The van der Waals surface area contributed by atoms with Crippen molar-refractivity contribution in [1.29, 1.82) is 0 Å². The van der Waals surface area contributed by atoms with E-state index < -0.39 is 0 Å². The maximum atomic E-state index is 6.05. The van der Waals surface area contributed by atoms with Crippen LogP contribution in [0.4, 0.5) is 0 Å². The van der Waals surface area contributed by atoms with Crippen LogP contribution in [-0.2, 0) is 5.88 Å². The van der Waals surface area contributed by atoms with Crippen molar-refractivity contribution in [2.24, 2.45) is 0 Å². The summed E-state index contributed by atoms with van der Waals surface area (Å²) in [4.78, 5) is 4.63. The lowest BCUT2D eigenvalue weighted by atomic mass is 10.2. The molecule has 96 valence electrons. The number of fused-ring (bicyclic) bond motifs is 1. The van der Waals surface area contributed by atoms with E-state index in [0.29, 0.717) is 5.88 Å². The van der Waals surface area contributed by atoms with Crippen LogP contribution in [0.1, 0.15) is 17.0 Å². The summed E-state index contributed by atoms with van der Waals surface area (Å²) < 4.78 is 2.13. The second kappa shape index (κ2) is 4.71. The summed E-state index contributed by atoms with van der Waals surface area (Å²) in [5.74, 6) is 1.29. The first kappa shape index (κ1) is 12.2. The molecular formula is C16H15ClN2. The molecule has 0 bridgehead atoms. The van der Waals surface area contributed by atoms with Crippen LogP contribution in [0, 0.1) is 13.8 Å². The molecule has 2 nitrogen and oxygen atoms in total. The SMILES string of the molecule is Cc1cccc(-n2c(CCl)nc3cc(C)ccc32)c1. The van der Waals surface area contributed by atoms with Crippen molar-refractivity contribution < 1.29 is 0 Å². The molecule has 0 saturated carbocycles. The fourth-order valence-electron chi connectivity index (χ4n) is 2.38. The van der Waals surface area contributed by atoms with Gasteiger partial charge in [0.2, 0.25) is 0 Å². The van der Waals surface area contributed by atoms with Crippen molar-refractivity contribution >= 4 is 22.6 Å². The summed E-state index contributed by atoms with van der Waals surface area (Å²) in [6.07, 6.45) is 0. The minimum atomic E-state index is 0.404. The van der Waals surface area contributed by atoms with Gasteiger partial charge in [0.25, 0.3) is 0 Å². The Balaban J connectivity index is 2.32. The highest BCUT2D eigenvalue weighted by Crippen LogP contribution is 2.24. The topological polar surface area (TPSA) is 17.8 Å². The van der Waals surface area contributed by atoms with Gasteiger partial charge in [-0.1, -0.05) is 18.2 Å². The van der Waals surface area contributed by atoms with Gasteiger partial charge in [0.15, 0.2) is 0 Å². The number of aryl methyl sites for hydroxylation is 2. The molecular weight excluding hydrogens is 256 g/mol. The van der Waals surface area contributed by atoms with Gasteiger partial charge in [0.1, 0.15) is 5.82 Å². The van der Waals surface area contributed by atoms with Crippen LogP contribution in [0.3, 0.4) is 0 Å². The highest BCUT2D eigenvalue weighted by Gasteiger charge is 2.11. The van der Waals surface area contributed by atoms with Crippen molar-refractivity contribution in [3.8, 4) is 5.69 Å². The number of nitrogens with zero attached hydrogens (tertiary/aromatic N) is 2. The number of hydrogen-bond acceptors (Lipinski definition) is 1. The van der Waals surface area contributed by atoms with Crippen LogP contribution >= 0.6 is 11.6 Å². The molecule has 19 heavy (non-hydrogen) atoms. The second-order valence-electron chi connectivity index (χ2n) is 4.83. The molecule has 2 aromatic carbocycles. The molecule has 3 heteroatoms. The molecule has 0 saturated heterocycles. The molecule has 0 amide bonds. The van der Waals surface area contributed by atoms with Crippen molar-refractivity contribution in [1.82, 2.24) is 9.55 Å². The van der Waals surface area contributed by atoms with Crippen molar-refractivity contribution in [2.45, 2.75) is 19.7 Å². The molecule has 0 N–H and O–H groups in total. The molecule has 1 aromatic heterocycles. The number of alkyl halides is 1. The number of hydrogen-bond donors (Lipinski definition) is 0. The summed E-state index contributed by atoms with van der Waals surface area (Å²) in [5.41, 5.74) is 5.65. The smallest absolute Gasteiger partial charge is 0.129 e. The second-order valence-corrected chi connectivity index (χ2v) is 5.10. The van der Waals surface area contributed by atoms with Crippen LogP contribution in [-0.4, -0.2) is 9.55 Å². The van der Waals surface area contributed by atoms with E-state index in [4.69, 9.17) is 11.6 Å². The predicted octanol–water partition coefficient (Wildman–Crippen LogP) is 4.38. The lowest BCUT2D eigenvalue weighted by Crippen LogP contribution is -1.99. The normalized spacial score (nSPS) is 11.1. The molecule has 0 aliphatic rings. The van der Waals surface area contributed by atoms with E-state index in [2.05, 4.69) is 65.9 Å². The summed E-state index contributed by atoms with van der Waals surface area (Å²) >= 11 is 6.05. The van der Waals surface area contributed by atoms with E-state index in [9.17, 15) is 0 Å².